The van der Waals surface area contributed by atoms with Crippen molar-refractivity contribution in [2.45, 2.75) is 0 Å². The molecule has 0 aliphatic carbocycles. The number of carbonyl (C=O) groups excluding carboxylic acids is 2. The monoisotopic (exact) mass is 307 g/mol. The molecule has 3 amide bonds. The predicted molar refractivity (Wildman–Crippen MR) is 77.5 cm³/mol. The number of nitrogens with one attached hydrogen (secondary N) is 3. The summed E-state index contributed by atoms with van der Waals surface area (Å²) >= 11 is 5.72. The van der Waals surface area contributed by atoms with Crippen LogP contribution in [0.3, 0.4) is 0 Å². The van der Waals surface area contributed by atoms with Crippen LogP contribution in [0.15, 0.2) is 48.5 Å². The van der Waals surface area contributed by atoms with Crippen LogP contribution in [0.25, 0.3) is 0 Å². The summed E-state index contributed by atoms with van der Waals surface area (Å²) in [6, 6.07) is 10.9. The van der Waals surface area contributed by atoms with Crippen LogP contribution in [0.5, 0.6) is 0 Å². The van der Waals surface area contributed by atoms with Crippen LogP contribution in [0.1, 0.15) is 10.4 Å². The second-order valence-corrected chi connectivity index (χ2v) is 4.49. The topological polar surface area (TPSA) is 70.2 Å². The Bertz CT molecular complexity index is 662. The van der Waals surface area contributed by atoms with Crippen molar-refractivity contribution in [3.8, 4) is 0 Å². The number of benzene rings is 2. The largest absolute Gasteiger partial charge is 0.337 e. The first-order valence-electron chi connectivity index (χ1n) is 5.93. The average molecular weight is 308 g/mol. The van der Waals surface area contributed by atoms with Crippen molar-refractivity contribution in [2.75, 3.05) is 5.32 Å². The summed E-state index contributed by atoms with van der Waals surface area (Å²) < 4.78 is 13.0. The van der Waals surface area contributed by atoms with Crippen LogP contribution in [0, 0.1) is 5.82 Å². The molecule has 0 unspecified atom stereocenters. The summed E-state index contributed by atoms with van der Waals surface area (Å²) in [6.45, 7) is 0. The lowest BCUT2D eigenvalue weighted by atomic mass is 10.2. The maximum atomic E-state index is 13.0. The van der Waals surface area contributed by atoms with E-state index in [2.05, 4.69) is 16.2 Å². The molecule has 0 spiro atoms. The Balaban J connectivity index is 1.86. The van der Waals surface area contributed by atoms with Crippen molar-refractivity contribution in [1.29, 1.82) is 0 Å². The summed E-state index contributed by atoms with van der Waals surface area (Å²) in [7, 11) is 0. The number of rotatable bonds is 2. The van der Waals surface area contributed by atoms with Crippen LogP contribution in [0.4, 0.5) is 14.9 Å². The van der Waals surface area contributed by atoms with Crippen LogP contribution >= 0.6 is 11.6 Å². The molecule has 2 aromatic rings. The van der Waals surface area contributed by atoms with Gasteiger partial charge in [-0.3, -0.25) is 10.2 Å². The zero-order valence-electron chi connectivity index (χ0n) is 10.7. The summed E-state index contributed by atoms with van der Waals surface area (Å²) in [5.41, 5.74) is 4.93. The maximum Gasteiger partial charge on any atom is 0.337 e. The van der Waals surface area contributed by atoms with Gasteiger partial charge in [-0.15, -0.1) is 0 Å². The molecule has 2 rings (SSSR count). The predicted octanol–water partition coefficient (Wildman–Crippen LogP) is 2.95. The number of hydrogen-bond donors (Lipinski definition) is 3. The third kappa shape index (κ3) is 4.47. The van der Waals surface area contributed by atoms with Gasteiger partial charge >= 0.3 is 6.03 Å². The van der Waals surface area contributed by atoms with Crippen molar-refractivity contribution in [2.24, 2.45) is 0 Å². The van der Waals surface area contributed by atoms with Crippen molar-refractivity contribution in [1.82, 2.24) is 10.9 Å². The van der Waals surface area contributed by atoms with Gasteiger partial charge in [0.15, 0.2) is 0 Å². The molecule has 2 aromatic carbocycles. The van der Waals surface area contributed by atoms with Gasteiger partial charge in [-0.2, -0.15) is 0 Å². The number of hydrogen-bond acceptors (Lipinski definition) is 2. The molecular weight excluding hydrogens is 297 g/mol. The highest BCUT2D eigenvalue weighted by Crippen LogP contribution is 2.12. The highest BCUT2D eigenvalue weighted by Gasteiger charge is 2.08. The fourth-order valence-corrected chi connectivity index (χ4v) is 1.64. The van der Waals surface area contributed by atoms with Gasteiger partial charge in [-0.1, -0.05) is 17.7 Å². The zero-order chi connectivity index (χ0) is 15.2. The van der Waals surface area contributed by atoms with Gasteiger partial charge in [0.1, 0.15) is 5.82 Å². The summed E-state index contributed by atoms with van der Waals surface area (Å²) in [4.78, 5) is 23.2. The Labute approximate surface area is 125 Å². The number of anilines is 1. The fourth-order valence-electron chi connectivity index (χ4n) is 1.51. The molecule has 0 heterocycles. The molecule has 0 aliphatic heterocycles. The molecule has 0 saturated carbocycles. The van der Waals surface area contributed by atoms with E-state index in [0.29, 0.717) is 10.7 Å². The molecule has 0 atom stereocenters. The van der Waals surface area contributed by atoms with E-state index in [1.54, 1.807) is 24.3 Å². The lowest BCUT2D eigenvalue weighted by Crippen LogP contribution is -2.43. The van der Waals surface area contributed by atoms with Crippen LogP contribution in [0.2, 0.25) is 5.02 Å². The second kappa shape index (κ2) is 6.71. The van der Waals surface area contributed by atoms with Crippen LogP contribution in [-0.4, -0.2) is 11.9 Å². The highest BCUT2D eigenvalue weighted by molar-refractivity contribution is 6.30. The van der Waals surface area contributed by atoms with Gasteiger partial charge in [-0.05, 0) is 42.5 Å². The lowest BCUT2D eigenvalue weighted by Gasteiger charge is -2.09. The molecule has 21 heavy (non-hydrogen) atoms. The van der Waals surface area contributed by atoms with E-state index >= 15 is 0 Å². The summed E-state index contributed by atoms with van der Waals surface area (Å²) in [5.74, 6) is -1.16. The van der Waals surface area contributed by atoms with E-state index in [9.17, 15) is 14.0 Å². The second-order valence-electron chi connectivity index (χ2n) is 4.05. The van der Waals surface area contributed by atoms with E-state index in [1.165, 1.54) is 18.2 Å². The van der Waals surface area contributed by atoms with Crippen LogP contribution < -0.4 is 16.2 Å². The van der Waals surface area contributed by atoms with Crippen molar-refractivity contribution < 1.29 is 14.0 Å². The Kier molecular flexibility index (Phi) is 4.73. The molecule has 0 aromatic heterocycles. The first-order chi connectivity index (χ1) is 10.0. The molecule has 0 bridgehead atoms. The minimum Gasteiger partial charge on any atom is -0.307 e. The first-order valence-corrected chi connectivity index (χ1v) is 6.31. The minimum absolute atomic E-state index is 0.0989. The average Bonchev–Trinajstić information content (AvgIpc) is 2.47. The first kappa shape index (κ1) is 14.8. The van der Waals surface area contributed by atoms with Gasteiger partial charge in [0.05, 0.1) is 0 Å². The van der Waals surface area contributed by atoms with E-state index in [1.807, 2.05) is 0 Å². The Morgan fingerprint density at radius 1 is 1.00 bits per heavy atom. The van der Waals surface area contributed by atoms with E-state index in [4.69, 9.17) is 11.6 Å². The molecule has 108 valence electrons. The number of carbonyl (C=O) groups is 2. The van der Waals surface area contributed by atoms with E-state index in [0.717, 1.165) is 6.07 Å². The Hall–Kier alpha value is -2.60. The van der Waals surface area contributed by atoms with Gasteiger partial charge in [0.25, 0.3) is 5.91 Å². The molecule has 7 heteroatoms. The molecule has 0 fully saturated rings. The van der Waals surface area contributed by atoms with Crippen LogP contribution in [-0.2, 0) is 0 Å². The van der Waals surface area contributed by atoms with E-state index < -0.39 is 17.8 Å². The SMILES string of the molecule is O=C(NNC(=O)c1cccc(F)c1)Nc1ccc(Cl)cc1. The fraction of sp³-hybridized carbons (Fsp3) is 0. The molecule has 0 aliphatic rings. The quantitative estimate of drug-likeness (QED) is 0.747. The maximum absolute atomic E-state index is 13.0. The third-order valence-electron chi connectivity index (χ3n) is 2.48. The van der Waals surface area contributed by atoms with Gasteiger partial charge in [0.2, 0.25) is 0 Å². The van der Waals surface area contributed by atoms with Gasteiger partial charge in [-0.25, -0.2) is 14.6 Å². The van der Waals surface area contributed by atoms with Crippen molar-refractivity contribution >= 4 is 29.2 Å². The third-order valence-corrected chi connectivity index (χ3v) is 2.73. The summed E-state index contributed by atoms with van der Waals surface area (Å²) in [6.07, 6.45) is 0. The number of halogens is 2. The highest BCUT2D eigenvalue weighted by atomic mass is 35.5. The molecule has 0 radical (unpaired) electrons. The minimum atomic E-state index is -0.637. The smallest absolute Gasteiger partial charge is 0.307 e. The normalized spacial score (nSPS) is 9.81. The number of urea groups is 1. The van der Waals surface area contributed by atoms with Gasteiger partial charge < -0.3 is 5.32 Å². The molecule has 5 nitrogen and oxygen atoms in total. The lowest BCUT2D eigenvalue weighted by molar-refractivity contribution is 0.0937. The number of hydrazine groups is 1. The van der Waals surface area contributed by atoms with E-state index in [-0.39, 0.29) is 5.56 Å². The summed E-state index contributed by atoms with van der Waals surface area (Å²) in [5, 5.41) is 3.03. The molecule has 0 saturated heterocycles. The molecular formula is C14H11ClFN3O2. The molecule has 3 N–H and O–H groups in total. The zero-order valence-corrected chi connectivity index (χ0v) is 11.4. The van der Waals surface area contributed by atoms with Gasteiger partial charge in [0, 0.05) is 16.3 Å². The van der Waals surface area contributed by atoms with Crippen molar-refractivity contribution in [3.63, 3.8) is 0 Å². The number of amides is 3. The Morgan fingerprint density at radius 2 is 1.71 bits per heavy atom. The Morgan fingerprint density at radius 3 is 2.38 bits per heavy atom. The standard InChI is InChI=1S/C14H11ClFN3O2/c15-10-4-6-12(7-5-10)17-14(21)19-18-13(20)9-2-1-3-11(16)8-9/h1-8H,(H,18,20)(H2,17,19,21). The van der Waals surface area contributed by atoms with Crippen molar-refractivity contribution in [3.05, 3.63) is 64.9 Å².